The number of aryl methyl sites for hydroxylation is 14. The van der Waals surface area contributed by atoms with E-state index in [-0.39, 0.29) is 0 Å². The molecule has 0 aliphatic heterocycles. The normalized spacial score (nSPS) is 11.3. The second-order valence-corrected chi connectivity index (χ2v) is 44.1. The highest BCUT2D eigenvalue weighted by Crippen LogP contribution is 2.51. The molecule has 150 heavy (non-hydrogen) atoms. The molecule has 20 aromatic heterocycles. The fourth-order valence-electron chi connectivity index (χ4n) is 16.9. The van der Waals surface area contributed by atoms with Crippen LogP contribution in [-0.4, -0.2) is 105 Å². The van der Waals surface area contributed by atoms with Crippen LogP contribution >= 0.6 is 114 Å². The Kier molecular flexibility index (Phi) is 29.5. The van der Waals surface area contributed by atoms with E-state index >= 15 is 0 Å². The summed E-state index contributed by atoms with van der Waals surface area (Å²) in [7, 11) is 3.22. The number of hydrogen-bond donors (Lipinski definition) is 6. The standard InChI is InChI=1S/C20H18Cl2N4OS.2C19H18N4O2S.C18H16N4OS.2C16H14N4OS2/c1-9-10(2)16-17(23)18(28-20(16)24-11(9)3)19-25-15(26-27-19)7-5-12-4-6-13(21)14(22)8-12;1-9-10(2)14-15(20)16(26-19(14)21-11(9)3)18-23-22-17(25-18)12-7-5-6-8-13(12)24-4;1-9-10(2)14-15(20)16(26-19(14)21-11(9)3)18-22-17(23-25-18)12-7-5-6-8-13(12)24-4;1-9-10(2)13-14(19)15(24-18(13)20-11(9)3)16-21-17(23-22-16)12-7-5-4-6-8-12;1-7-8(2)11-12(17)13(23-16(11)18-9(7)3)14-19-15(21-20-14)10-5-4-6-22-10;1-7-8(2)11-12(17)13(23-16(11)18-9(7)3)15-19-14(20-21-15)10-5-4-6-22-10/h4,6,8H,5,7,23H2,1-3H3;2*5-8H,20H2,1-4H3;4-8H,19H2,1-3H3;2*4-6H,17H2,1-3H3. The zero-order chi connectivity index (χ0) is 106. The maximum absolute atomic E-state index is 6.41. The highest BCUT2D eigenvalue weighted by molar-refractivity contribution is 7.24. The second-order valence-electron chi connectivity index (χ2n) is 35.4. The fourth-order valence-corrected chi connectivity index (χ4v) is 25.3. The summed E-state index contributed by atoms with van der Waals surface area (Å²) in [5, 5.41) is 39.8. The molecule has 20 heterocycles. The molecule has 0 spiro atoms. The van der Waals surface area contributed by atoms with Gasteiger partial charge >= 0.3 is 0 Å². The molecule has 12 N–H and O–H groups in total. The van der Waals surface area contributed by atoms with Crippen LogP contribution in [-0.2, 0) is 12.8 Å². The summed E-state index contributed by atoms with van der Waals surface area (Å²) in [6.45, 7) is 36.8. The van der Waals surface area contributed by atoms with Gasteiger partial charge in [-0.2, -0.15) is 24.9 Å². The van der Waals surface area contributed by atoms with Crippen LogP contribution < -0.4 is 43.9 Å². The summed E-state index contributed by atoms with van der Waals surface area (Å²) in [5.74, 6) is 7.11. The lowest BCUT2D eigenvalue weighted by Crippen LogP contribution is -1.94. The van der Waals surface area contributed by atoms with Crippen molar-refractivity contribution in [1.29, 1.82) is 0 Å². The molecule has 42 heteroatoms. The molecule has 4 aromatic carbocycles. The number of nitrogens with two attached hydrogens (primary N) is 6. The average molecular weight is 2190 g/mol. The van der Waals surface area contributed by atoms with Crippen LogP contribution in [0.15, 0.2) is 159 Å². The molecule has 32 nitrogen and oxygen atoms in total. The Bertz CT molecular complexity index is 8920. The van der Waals surface area contributed by atoms with Crippen molar-refractivity contribution in [2.75, 3.05) is 48.6 Å². The van der Waals surface area contributed by atoms with Crippen molar-refractivity contribution in [1.82, 2.24) is 90.8 Å². The number of rotatable bonds is 16. The molecule has 0 atom stereocenters. The summed E-state index contributed by atoms with van der Waals surface area (Å²) in [4.78, 5) is 62.5. The first-order valence-electron chi connectivity index (χ1n) is 46.9. The Morgan fingerprint density at radius 1 is 0.280 bits per heavy atom. The molecule has 0 saturated carbocycles. The number of pyridine rings is 6. The first-order valence-corrected chi connectivity index (χ1v) is 54.3. The summed E-state index contributed by atoms with van der Waals surface area (Å²) < 4.78 is 43.9. The molecule has 0 unspecified atom stereocenters. The van der Waals surface area contributed by atoms with Gasteiger partial charge in [-0.1, -0.05) is 110 Å². The highest BCUT2D eigenvalue weighted by atomic mass is 35.5. The van der Waals surface area contributed by atoms with Gasteiger partial charge in [0, 0.05) is 78.5 Å². The Morgan fingerprint density at radius 2 is 0.613 bits per heavy atom. The van der Waals surface area contributed by atoms with Crippen molar-refractivity contribution in [3.8, 4) is 132 Å². The minimum Gasteiger partial charge on any atom is -0.496 e. The van der Waals surface area contributed by atoms with E-state index in [1.807, 2.05) is 168 Å². The van der Waals surface area contributed by atoms with Crippen molar-refractivity contribution in [3.63, 3.8) is 0 Å². The number of nitrogen functional groups attached to an aromatic ring is 6. The molecular formula is C108H98Cl2N24O8S8. The van der Waals surface area contributed by atoms with Crippen LogP contribution in [0.5, 0.6) is 11.5 Å². The minimum atomic E-state index is 0.390. The van der Waals surface area contributed by atoms with Gasteiger partial charge in [-0.15, -0.1) is 101 Å². The minimum absolute atomic E-state index is 0.390. The summed E-state index contributed by atoms with van der Waals surface area (Å²) in [5.41, 5.74) is 65.6. The number of halogens is 2. The molecular weight excluding hydrogens is 2090 g/mol. The summed E-state index contributed by atoms with van der Waals surface area (Å²) in [6.07, 6.45) is 1.36. The highest BCUT2D eigenvalue weighted by Gasteiger charge is 2.31. The van der Waals surface area contributed by atoms with Gasteiger partial charge in [-0.3, -0.25) is 0 Å². The topological polar surface area (TPSA) is 485 Å². The van der Waals surface area contributed by atoms with Crippen LogP contribution in [0.2, 0.25) is 10.0 Å². The van der Waals surface area contributed by atoms with Crippen LogP contribution in [0.4, 0.5) is 34.1 Å². The van der Waals surface area contributed by atoms with E-state index in [4.69, 9.17) is 94.1 Å². The van der Waals surface area contributed by atoms with Gasteiger partial charge in [-0.05, 0) is 275 Å². The first-order chi connectivity index (χ1) is 72.0. The lowest BCUT2D eigenvalue weighted by Gasteiger charge is -2.05. The quantitative estimate of drug-likeness (QED) is 0.0523. The van der Waals surface area contributed by atoms with E-state index in [2.05, 4.69) is 174 Å². The van der Waals surface area contributed by atoms with Gasteiger partial charge < -0.3 is 70.9 Å². The Morgan fingerprint density at radius 3 is 1.04 bits per heavy atom. The zero-order valence-corrected chi connectivity index (χ0v) is 93.0. The molecule has 0 bridgehead atoms. The van der Waals surface area contributed by atoms with E-state index in [1.165, 1.54) is 79.1 Å². The molecule has 0 saturated heterocycles. The van der Waals surface area contributed by atoms with Gasteiger partial charge in [0.25, 0.3) is 41.2 Å². The molecule has 24 aromatic rings. The van der Waals surface area contributed by atoms with Gasteiger partial charge in [0.1, 0.15) is 69.7 Å². The molecule has 0 aliphatic rings. The molecule has 0 radical (unpaired) electrons. The van der Waals surface area contributed by atoms with E-state index in [1.54, 1.807) is 43.0 Å². The Labute approximate surface area is 901 Å². The second kappa shape index (κ2) is 42.8. The third-order valence-corrected chi connectivity index (χ3v) is 35.6. The first kappa shape index (κ1) is 103. The third-order valence-electron chi connectivity index (χ3n) is 26.6. The molecule has 0 fully saturated rings. The van der Waals surface area contributed by atoms with Crippen molar-refractivity contribution in [3.05, 3.63) is 254 Å². The number of thiophene rings is 8. The maximum atomic E-state index is 6.41. The van der Waals surface area contributed by atoms with Gasteiger partial charge in [0.15, 0.2) is 5.82 Å². The number of nitrogens with zero attached hydrogens (tertiary/aromatic N) is 18. The molecule has 0 amide bonds. The average Bonchev–Trinajstić information content (AvgIpc) is 1.63. The third kappa shape index (κ3) is 19.8. The van der Waals surface area contributed by atoms with Crippen LogP contribution in [0.25, 0.3) is 182 Å². The SMILES string of the molecule is COc1ccccc1-c1nnc(-c2sc3nc(C)c(C)c(C)c3c2N)o1.COc1ccccc1-c1noc(-c2sc3nc(C)c(C)c(C)c3c2N)n1.Cc1nc2sc(-c3nc(-c4cccs4)no3)c(N)c2c(C)c1C.Cc1nc2sc(-c3nc(CCc4ccc(Cl)c(Cl)c4)no3)c(N)c2c(C)c1C.Cc1nc2sc(-c3noc(-c4ccccc4)n3)c(N)c2c(C)c1C.Cc1nc2sc(-c3noc(-c4cccs4)n3)c(N)c2c(C)c1C. The number of fused-ring (bicyclic) bond motifs is 6. The lowest BCUT2D eigenvalue weighted by molar-refractivity contribution is 0.413. The number of methoxy groups -OCH3 is 2. The number of benzene rings is 4. The smallest absolute Gasteiger partial charge is 0.270 e. The van der Waals surface area contributed by atoms with Crippen molar-refractivity contribution < 1.29 is 36.5 Å². The Hall–Kier alpha value is -15.2. The van der Waals surface area contributed by atoms with Crippen LogP contribution in [0, 0.1) is 125 Å². The number of para-hydroxylation sites is 2. The fraction of sp³-hybridized carbons (Fsp3) is 0.204. The van der Waals surface area contributed by atoms with E-state index in [9.17, 15) is 0 Å². The maximum Gasteiger partial charge on any atom is 0.270 e. The molecule has 24 rings (SSSR count). The number of aromatic nitrogens is 18. The van der Waals surface area contributed by atoms with E-state index in [0.717, 1.165) is 219 Å². The van der Waals surface area contributed by atoms with E-state index < -0.39 is 0 Å². The summed E-state index contributed by atoms with van der Waals surface area (Å²) >= 11 is 24.1. The van der Waals surface area contributed by atoms with Gasteiger partial charge in [-0.25, -0.2) is 29.9 Å². The zero-order valence-electron chi connectivity index (χ0n) is 84.9. The van der Waals surface area contributed by atoms with Crippen molar-refractivity contribution >= 4 is 209 Å². The monoisotopic (exact) mass is 2180 g/mol. The Balaban J connectivity index is 0.000000113. The predicted octanol–water partition coefficient (Wildman–Crippen LogP) is 28.7. The van der Waals surface area contributed by atoms with Gasteiger partial charge in [0.05, 0.1) is 79.3 Å². The largest absolute Gasteiger partial charge is 0.496 e. The van der Waals surface area contributed by atoms with E-state index in [0.29, 0.717) is 132 Å². The van der Waals surface area contributed by atoms with Crippen LogP contribution in [0.3, 0.4) is 0 Å². The number of ether oxygens (including phenoxy) is 2. The molecule has 760 valence electrons. The van der Waals surface area contributed by atoms with Crippen LogP contribution in [0.1, 0.15) is 112 Å². The summed E-state index contributed by atoms with van der Waals surface area (Å²) in [6, 6.07) is 38.2. The lowest BCUT2D eigenvalue weighted by atomic mass is 10.1. The van der Waals surface area contributed by atoms with Crippen molar-refractivity contribution in [2.24, 2.45) is 0 Å². The predicted molar refractivity (Wildman–Crippen MR) is 609 cm³/mol. The molecule has 0 aliphatic carbocycles. The number of hydrogen-bond acceptors (Lipinski definition) is 40. The van der Waals surface area contributed by atoms with Crippen molar-refractivity contribution in [2.45, 2.75) is 137 Å². The van der Waals surface area contributed by atoms with Gasteiger partial charge in [0.2, 0.25) is 23.3 Å². The number of anilines is 6.